The third-order valence-corrected chi connectivity index (χ3v) is 3.13. The molecule has 0 fully saturated rings. The third-order valence-electron chi connectivity index (χ3n) is 3.13. The first kappa shape index (κ1) is 14.6. The SMILES string of the molecule is Cc1ccc(NC(=O)Nc2cccc(C(=O)O)c2)cc1C. The number of benzene rings is 2. The van der Waals surface area contributed by atoms with Gasteiger partial charge in [-0.1, -0.05) is 12.1 Å². The summed E-state index contributed by atoms with van der Waals surface area (Å²) in [4.78, 5) is 22.8. The zero-order valence-electron chi connectivity index (χ0n) is 11.8. The van der Waals surface area contributed by atoms with Gasteiger partial charge in [0.1, 0.15) is 0 Å². The Kier molecular flexibility index (Phi) is 4.23. The largest absolute Gasteiger partial charge is 0.478 e. The van der Waals surface area contributed by atoms with Crippen molar-refractivity contribution < 1.29 is 14.7 Å². The van der Waals surface area contributed by atoms with Crippen LogP contribution < -0.4 is 10.6 Å². The molecule has 0 bridgehead atoms. The van der Waals surface area contributed by atoms with Crippen LogP contribution in [0.1, 0.15) is 21.5 Å². The molecule has 0 aliphatic carbocycles. The minimum Gasteiger partial charge on any atom is -0.478 e. The highest BCUT2D eigenvalue weighted by Crippen LogP contribution is 2.15. The Morgan fingerprint density at radius 3 is 2.19 bits per heavy atom. The van der Waals surface area contributed by atoms with E-state index in [0.29, 0.717) is 11.4 Å². The van der Waals surface area contributed by atoms with E-state index in [1.54, 1.807) is 12.1 Å². The van der Waals surface area contributed by atoms with Crippen LogP contribution in [0.15, 0.2) is 42.5 Å². The van der Waals surface area contributed by atoms with E-state index in [9.17, 15) is 9.59 Å². The maximum atomic E-state index is 11.9. The molecule has 0 unspecified atom stereocenters. The van der Waals surface area contributed by atoms with Crippen LogP contribution in [0.2, 0.25) is 0 Å². The highest BCUT2D eigenvalue weighted by molar-refractivity contribution is 6.00. The predicted octanol–water partition coefficient (Wildman–Crippen LogP) is 3.65. The van der Waals surface area contributed by atoms with Crippen molar-refractivity contribution in [1.29, 1.82) is 0 Å². The average molecular weight is 284 g/mol. The first-order valence-corrected chi connectivity index (χ1v) is 6.44. The fourth-order valence-corrected chi connectivity index (χ4v) is 1.84. The van der Waals surface area contributed by atoms with Crippen LogP contribution in [0.5, 0.6) is 0 Å². The molecule has 0 saturated carbocycles. The number of carboxylic acids is 1. The number of hydrogen-bond donors (Lipinski definition) is 3. The lowest BCUT2D eigenvalue weighted by atomic mass is 10.1. The second-order valence-corrected chi connectivity index (χ2v) is 4.76. The van der Waals surface area contributed by atoms with Gasteiger partial charge in [-0.3, -0.25) is 0 Å². The molecule has 0 aliphatic heterocycles. The molecule has 2 rings (SSSR count). The van der Waals surface area contributed by atoms with Gasteiger partial charge in [-0.05, 0) is 55.3 Å². The second kappa shape index (κ2) is 6.09. The molecule has 5 heteroatoms. The summed E-state index contributed by atoms with van der Waals surface area (Å²) in [7, 11) is 0. The van der Waals surface area contributed by atoms with Gasteiger partial charge in [-0.25, -0.2) is 9.59 Å². The highest BCUT2D eigenvalue weighted by Gasteiger charge is 2.06. The van der Waals surface area contributed by atoms with Gasteiger partial charge in [0.15, 0.2) is 0 Å². The molecule has 5 nitrogen and oxygen atoms in total. The number of urea groups is 1. The molecule has 21 heavy (non-hydrogen) atoms. The van der Waals surface area contributed by atoms with Crippen LogP contribution in [0.3, 0.4) is 0 Å². The summed E-state index contributed by atoms with van der Waals surface area (Å²) in [5.41, 5.74) is 3.47. The molecular weight excluding hydrogens is 268 g/mol. The molecular formula is C16H16N2O3. The smallest absolute Gasteiger partial charge is 0.335 e. The third kappa shape index (κ3) is 3.82. The van der Waals surface area contributed by atoms with Crippen molar-refractivity contribution in [2.45, 2.75) is 13.8 Å². The molecule has 0 atom stereocenters. The van der Waals surface area contributed by atoms with Crippen molar-refractivity contribution in [1.82, 2.24) is 0 Å². The van der Waals surface area contributed by atoms with E-state index >= 15 is 0 Å². The molecule has 0 saturated heterocycles. The van der Waals surface area contributed by atoms with Gasteiger partial charge in [0.25, 0.3) is 0 Å². The number of hydrogen-bond acceptors (Lipinski definition) is 2. The van der Waals surface area contributed by atoms with Gasteiger partial charge in [0.2, 0.25) is 0 Å². The van der Waals surface area contributed by atoms with E-state index in [2.05, 4.69) is 10.6 Å². The Morgan fingerprint density at radius 2 is 1.57 bits per heavy atom. The number of nitrogens with one attached hydrogen (secondary N) is 2. The maximum absolute atomic E-state index is 11.9. The molecule has 108 valence electrons. The lowest BCUT2D eigenvalue weighted by molar-refractivity contribution is 0.0697. The number of rotatable bonds is 3. The van der Waals surface area contributed by atoms with Crippen molar-refractivity contribution >= 4 is 23.4 Å². The number of aromatic carboxylic acids is 1. The summed E-state index contributed by atoms with van der Waals surface area (Å²) in [6.45, 7) is 3.96. The standard InChI is InChI=1S/C16H16N2O3/c1-10-6-7-14(8-11(10)2)18-16(21)17-13-5-3-4-12(9-13)15(19)20/h3-9H,1-2H3,(H,19,20)(H2,17,18,21). The van der Waals surface area contributed by atoms with Crippen LogP contribution in [-0.2, 0) is 0 Å². The fourth-order valence-electron chi connectivity index (χ4n) is 1.84. The van der Waals surface area contributed by atoms with Crippen molar-refractivity contribution in [2.75, 3.05) is 10.6 Å². The summed E-state index contributed by atoms with van der Waals surface area (Å²) in [5, 5.41) is 14.2. The first-order chi connectivity index (χ1) is 9.95. The van der Waals surface area contributed by atoms with Crippen molar-refractivity contribution in [3.8, 4) is 0 Å². The van der Waals surface area contributed by atoms with Gasteiger partial charge in [0, 0.05) is 11.4 Å². The van der Waals surface area contributed by atoms with Crippen LogP contribution in [0, 0.1) is 13.8 Å². The first-order valence-electron chi connectivity index (χ1n) is 6.44. The van der Waals surface area contributed by atoms with Crippen LogP contribution >= 0.6 is 0 Å². The van der Waals surface area contributed by atoms with Gasteiger partial charge < -0.3 is 15.7 Å². The van der Waals surface area contributed by atoms with Crippen molar-refractivity contribution in [3.63, 3.8) is 0 Å². The second-order valence-electron chi connectivity index (χ2n) is 4.76. The molecule has 3 N–H and O–H groups in total. The summed E-state index contributed by atoms with van der Waals surface area (Å²) in [5.74, 6) is -1.03. The van der Waals surface area contributed by atoms with Crippen molar-refractivity contribution in [3.05, 3.63) is 59.2 Å². The Balaban J connectivity index is 2.06. The minimum absolute atomic E-state index is 0.124. The van der Waals surface area contributed by atoms with Gasteiger partial charge in [-0.2, -0.15) is 0 Å². The molecule has 0 radical (unpaired) electrons. The zero-order valence-corrected chi connectivity index (χ0v) is 11.8. The normalized spacial score (nSPS) is 10.0. The Labute approximate surface area is 122 Å². The number of carbonyl (C=O) groups is 2. The van der Waals surface area contributed by atoms with E-state index in [4.69, 9.17) is 5.11 Å². The maximum Gasteiger partial charge on any atom is 0.335 e. The number of carboxylic acid groups (broad SMARTS) is 1. The Bertz CT molecular complexity index is 696. The molecule has 0 aliphatic rings. The fraction of sp³-hybridized carbons (Fsp3) is 0.125. The van der Waals surface area contributed by atoms with E-state index in [1.807, 2.05) is 32.0 Å². The number of aryl methyl sites for hydroxylation is 2. The molecule has 0 aromatic heterocycles. The minimum atomic E-state index is -1.03. The molecule has 0 spiro atoms. The van der Waals surface area contributed by atoms with Crippen LogP contribution in [0.25, 0.3) is 0 Å². The molecule has 2 aromatic carbocycles. The lowest BCUT2D eigenvalue weighted by Crippen LogP contribution is -2.19. The Morgan fingerprint density at radius 1 is 0.905 bits per heavy atom. The van der Waals surface area contributed by atoms with Crippen LogP contribution in [0.4, 0.5) is 16.2 Å². The molecule has 2 amide bonds. The molecule has 2 aromatic rings. The average Bonchev–Trinajstić information content (AvgIpc) is 2.43. The summed E-state index contributed by atoms with van der Waals surface area (Å²) < 4.78 is 0. The summed E-state index contributed by atoms with van der Waals surface area (Å²) in [6, 6.07) is 11.3. The Hall–Kier alpha value is -2.82. The lowest BCUT2D eigenvalue weighted by Gasteiger charge is -2.09. The number of carbonyl (C=O) groups excluding carboxylic acids is 1. The summed E-state index contributed by atoms with van der Waals surface area (Å²) in [6.07, 6.45) is 0. The predicted molar refractivity (Wildman–Crippen MR) is 82.0 cm³/mol. The van der Waals surface area contributed by atoms with Gasteiger partial charge in [-0.15, -0.1) is 0 Å². The highest BCUT2D eigenvalue weighted by atomic mass is 16.4. The number of anilines is 2. The van der Waals surface area contributed by atoms with E-state index in [0.717, 1.165) is 11.1 Å². The quantitative estimate of drug-likeness (QED) is 0.805. The van der Waals surface area contributed by atoms with E-state index in [1.165, 1.54) is 12.1 Å². The van der Waals surface area contributed by atoms with Gasteiger partial charge >= 0.3 is 12.0 Å². The topological polar surface area (TPSA) is 78.4 Å². The zero-order chi connectivity index (χ0) is 15.4. The van der Waals surface area contributed by atoms with Gasteiger partial charge in [0.05, 0.1) is 5.56 Å². The number of amides is 2. The molecule has 0 heterocycles. The monoisotopic (exact) mass is 284 g/mol. The van der Waals surface area contributed by atoms with Crippen LogP contribution in [-0.4, -0.2) is 17.1 Å². The van der Waals surface area contributed by atoms with Crippen molar-refractivity contribution in [2.24, 2.45) is 0 Å². The summed E-state index contributed by atoms with van der Waals surface area (Å²) >= 11 is 0. The van der Waals surface area contributed by atoms with E-state index in [-0.39, 0.29) is 5.56 Å². The van der Waals surface area contributed by atoms with E-state index < -0.39 is 12.0 Å².